The lowest BCUT2D eigenvalue weighted by molar-refractivity contribution is -0.134. The molecule has 2 aromatic rings. The first-order valence-corrected chi connectivity index (χ1v) is 7.73. The summed E-state index contributed by atoms with van der Waals surface area (Å²) in [4.78, 5) is 37.3. The third-order valence-corrected chi connectivity index (χ3v) is 3.62. The predicted molar refractivity (Wildman–Crippen MR) is 94.3 cm³/mol. The Morgan fingerprint density at radius 2 is 1.71 bits per heavy atom. The maximum atomic E-state index is 12.4. The molecule has 2 aromatic carbocycles. The average molecular weight is 324 g/mol. The molecule has 0 aliphatic heterocycles. The minimum atomic E-state index is -0.714. The summed E-state index contributed by atoms with van der Waals surface area (Å²) in [6, 6.07) is 13.9. The van der Waals surface area contributed by atoms with Gasteiger partial charge in [0.15, 0.2) is 5.78 Å². The number of carbonyl (C=O) groups excluding carboxylic acids is 3. The average Bonchev–Trinajstić information content (AvgIpc) is 2.56. The van der Waals surface area contributed by atoms with Crippen molar-refractivity contribution in [3.05, 3.63) is 59.7 Å². The van der Waals surface area contributed by atoms with E-state index < -0.39 is 11.8 Å². The van der Waals surface area contributed by atoms with Gasteiger partial charge in [-0.3, -0.25) is 14.4 Å². The summed E-state index contributed by atoms with van der Waals surface area (Å²) in [6.07, 6.45) is 0. The quantitative estimate of drug-likeness (QED) is 0.694. The van der Waals surface area contributed by atoms with Crippen molar-refractivity contribution in [3.8, 4) is 0 Å². The van der Waals surface area contributed by atoms with Crippen LogP contribution in [-0.2, 0) is 9.59 Å². The maximum Gasteiger partial charge on any atom is 0.316 e. The summed E-state index contributed by atoms with van der Waals surface area (Å²) in [5.74, 6) is -1.40. The Balaban J connectivity index is 2.12. The standard InChI is InChI=1S/C19H20N2O3/c1-4-21(17-7-5-6-13(2)12-17)19(24)18(23)20-16-10-8-15(9-11-16)14(3)22/h5-12H,4H2,1-3H3,(H,20,23). The summed E-state index contributed by atoms with van der Waals surface area (Å²) in [7, 11) is 0. The SMILES string of the molecule is CCN(C(=O)C(=O)Nc1ccc(C(C)=O)cc1)c1cccc(C)c1. The molecule has 0 atom stereocenters. The highest BCUT2D eigenvalue weighted by Crippen LogP contribution is 2.17. The van der Waals surface area contributed by atoms with Gasteiger partial charge < -0.3 is 10.2 Å². The molecular formula is C19H20N2O3. The van der Waals surface area contributed by atoms with Gasteiger partial charge in [-0.05, 0) is 62.7 Å². The zero-order valence-corrected chi connectivity index (χ0v) is 14.0. The lowest BCUT2D eigenvalue weighted by Gasteiger charge is -2.20. The second-order valence-electron chi connectivity index (χ2n) is 5.48. The van der Waals surface area contributed by atoms with Crippen LogP contribution in [0.1, 0.15) is 29.8 Å². The van der Waals surface area contributed by atoms with Crippen LogP contribution >= 0.6 is 0 Å². The maximum absolute atomic E-state index is 12.4. The number of hydrogen-bond donors (Lipinski definition) is 1. The van der Waals surface area contributed by atoms with Crippen LogP contribution < -0.4 is 10.2 Å². The smallest absolute Gasteiger partial charge is 0.316 e. The number of anilines is 2. The predicted octanol–water partition coefficient (Wildman–Crippen LogP) is 3.19. The van der Waals surface area contributed by atoms with Gasteiger partial charge >= 0.3 is 11.8 Å². The van der Waals surface area contributed by atoms with E-state index in [9.17, 15) is 14.4 Å². The van der Waals surface area contributed by atoms with Gasteiger partial charge in [-0.25, -0.2) is 0 Å². The number of rotatable bonds is 4. The number of amides is 2. The van der Waals surface area contributed by atoms with Gasteiger partial charge in [0.25, 0.3) is 0 Å². The van der Waals surface area contributed by atoms with Crippen LogP contribution in [0, 0.1) is 6.92 Å². The van der Waals surface area contributed by atoms with E-state index in [4.69, 9.17) is 0 Å². The molecule has 0 heterocycles. The molecule has 24 heavy (non-hydrogen) atoms. The third kappa shape index (κ3) is 4.07. The van der Waals surface area contributed by atoms with Gasteiger partial charge in [-0.1, -0.05) is 12.1 Å². The Hall–Kier alpha value is -2.95. The molecule has 0 aliphatic rings. The Labute approximate surface area is 141 Å². The number of Topliss-reactive ketones (excluding diaryl/α,β-unsaturated/α-hetero) is 1. The summed E-state index contributed by atoms with van der Waals surface area (Å²) in [6.45, 7) is 5.60. The molecule has 0 radical (unpaired) electrons. The fourth-order valence-corrected chi connectivity index (χ4v) is 2.33. The van der Waals surface area contributed by atoms with Crippen molar-refractivity contribution in [2.45, 2.75) is 20.8 Å². The normalized spacial score (nSPS) is 10.1. The number of hydrogen-bond acceptors (Lipinski definition) is 3. The molecular weight excluding hydrogens is 304 g/mol. The van der Waals surface area contributed by atoms with E-state index >= 15 is 0 Å². The van der Waals surface area contributed by atoms with Crippen LogP contribution in [0.15, 0.2) is 48.5 Å². The number of benzene rings is 2. The van der Waals surface area contributed by atoms with Gasteiger partial charge in [0.1, 0.15) is 0 Å². The number of nitrogens with zero attached hydrogens (tertiary/aromatic N) is 1. The van der Waals surface area contributed by atoms with Gasteiger partial charge in [0.2, 0.25) is 0 Å². The third-order valence-electron chi connectivity index (χ3n) is 3.62. The van der Waals surface area contributed by atoms with Crippen molar-refractivity contribution < 1.29 is 14.4 Å². The molecule has 1 N–H and O–H groups in total. The summed E-state index contributed by atoms with van der Waals surface area (Å²) in [5.41, 5.74) is 2.72. The van der Waals surface area contributed by atoms with Gasteiger partial charge in [0.05, 0.1) is 0 Å². The first kappa shape index (κ1) is 17.4. The Kier molecular flexibility index (Phi) is 5.47. The van der Waals surface area contributed by atoms with Crippen LogP contribution in [0.2, 0.25) is 0 Å². The summed E-state index contributed by atoms with van der Waals surface area (Å²) >= 11 is 0. The van der Waals surface area contributed by atoms with E-state index in [1.54, 1.807) is 30.3 Å². The molecule has 0 bridgehead atoms. The zero-order chi connectivity index (χ0) is 17.7. The Bertz CT molecular complexity index is 766. The number of carbonyl (C=O) groups is 3. The van der Waals surface area contributed by atoms with Crippen LogP contribution in [0.5, 0.6) is 0 Å². The van der Waals surface area contributed by atoms with Gasteiger partial charge in [-0.15, -0.1) is 0 Å². The zero-order valence-electron chi connectivity index (χ0n) is 14.0. The monoisotopic (exact) mass is 324 g/mol. The van der Waals surface area contributed by atoms with Gasteiger partial charge in [-0.2, -0.15) is 0 Å². The topological polar surface area (TPSA) is 66.5 Å². The number of aryl methyl sites for hydroxylation is 1. The minimum absolute atomic E-state index is 0.0550. The van der Waals surface area contributed by atoms with E-state index in [1.807, 2.05) is 32.0 Å². The molecule has 5 heteroatoms. The van der Waals surface area contributed by atoms with Crippen LogP contribution in [0.3, 0.4) is 0 Å². The molecule has 0 fully saturated rings. The van der Waals surface area contributed by atoms with Crippen molar-refractivity contribution in [2.24, 2.45) is 0 Å². The van der Waals surface area contributed by atoms with Crippen LogP contribution in [0.4, 0.5) is 11.4 Å². The molecule has 0 aliphatic carbocycles. The number of nitrogens with one attached hydrogen (secondary N) is 1. The van der Waals surface area contributed by atoms with Crippen molar-refractivity contribution in [3.63, 3.8) is 0 Å². The van der Waals surface area contributed by atoms with Crippen molar-refractivity contribution in [1.29, 1.82) is 0 Å². The molecule has 2 rings (SSSR count). The van der Waals surface area contributed by atoms with E-state index in [0.29, 0.717) is 23.5 Å². The highest BCUT2D eigenvalue weighted by Gasteiger charge is 2.22. The molecule has 0 saturated carbocycles. The number of likely N-dealkylation sites (N-methyl/N-ethyl adjacent to an activating group) is 1. The minimum Gasteiger partial charge on any atom is -0.318 e. The lowest BCUT2D eigenvalue weighted by Crippen LogP contribution is -2.39. The Morgan fingerprint density at radius 3 is 2.25 bits per heavy atom. The Morgan fingerprint density at radius 1 is 1.04 bits per heavy atom. The van der Waals surface area contributed by atoms with Gasteiger partial charge in [0, 0.05) is 23.5 Å². The molecule has 124 valence electrons. The molecule has 5 nitrogen and oxygen atoms in total. The highest BCUT2D eigenvalue weighted by molar-refractivity contribution is 6.44. The fourth-order valence-electron chi connectivity index (χ4n) is 2.33. The summed E-state index contributed by atoms with van der Waals surface area (Å²) < 4.78 is 0. The molecule has 0 spiro atoms. The van der Waals surface area contributed by atoms with E-state index in [2.05, 4.69) is 5.32 Å². The summed E-state index contributed by atoms with van der Waals surface area (Å²) in [5, 5.41) is 2.57. The largest absolute Gasteiger partial charge is 0.318 e. The first-order valence-electron chi connectivity index (χ1n) is 7.73. The molecule has 0 saturated heterocycles. The van der Waals surface area contributed by atoms with E-state index in [0.717, 1.165) is 5.56 Å². The second kappa shape index (κ2) is 7.55. The lowest BCUT2D eigenvalue weighted by atomic mass is 10.1. The van der Waals surface area contributed by atoms with Crippen molar-refractivity contribution in [2.75, 3.05) is 16.8 Å². The second-order valence-corrected chi connectivity index (χ2v) is 5.48. The molecule has 0 unspecified atom stereocenters. The van der Waals surface area contributed by atoms with Crippen LogP contribution in [0.25, 0.3) is 0 Å². The first-order chi connectivity index (χ1) is 11.4. The van der Waals surface area contributed by atoms with E-state index in [-0.39, 0.29) is 5.78 Å². The molecule has 0 aromatic heterocycles. The van der Waals surface area contributed by atoms with E-state index in [1.165, 1.54) is 11.8 Å². The number of ketones is 1. The highest BCUT2D eigenvalue weighted by atomic mass is 16.2. The van der Waals surface area contributed by atoms with Crippen LogP contribution in [-0.4, -0.2) is 24.1 Å². The molecule has 2 amide bonds. The van der Waals surface area contributed by atoms with Crippen molar-refractivity contribution in [1.82, 2.24) is 0 Å². The fraction of sp³-hybridized carbons (Fsp3) is 0.211. The van der Waals surface area contributed by atoms with Crippen molar-refractivity contribution >= 4 is 29.0 Å².